The Bertz CT molecular complexity index is 404. The second-order valence-electron chi connectivity index (χ2n) is 4.60. The molecule has 0 heterocycles. The lowest BCUT2D eigenvalue weighted by Gasteiger charge is -2.17. The molecule has 1 aromatic rings. The minimum atomic E-state index is 0.229. The van der Waals surface area contributed by atoms with Crippen LogP contribution in [0.2, 0.25) is 0 Å². The van der Waals surface area contributed by atoms with Gasteiger partial charge in [0, 0.05) is 26.7 Å². The molecule has 0 fully saturated rings. The number of hydrogen-bond donors (Lipinski definition) is 2. The van der Waals surface area contributed by atoms with Gasteiger partial charge in [-0.05, 0) is 31.0 Å². The van der Waals surface area contributed by atoms with Gasteiger partial charge in [0.05, 0.1) is 13.7 Å². The van der Waals surface area contributed by atoms with Gasteiger partial charge in [0.25, 0.3) is 0 Å². The normalized spacial score (nSPS) is 12.9. The summed E-state index contributed by atoms with van der Waals surface area (Å²) < 4.78 is 10.2. The lowest BCUT2D eigenvalue weighted by molar-refractivity contribution is 0.179. The molecule has 0 bridgehead atoms. The zero-order valence-electron chi connectivity index (χ0n) is 12.8. The van der Waals surface area contributed by atoms with Crippen LogP contribution in [-0.4, -0.2) is 46.4 Å². The number of aliphatic imine (C=N–C) groups is 1. The quantitative estimate of drug-likeness (QED) is 0.586. The van der Waals surface area contributed by atoms with Crippen molar-refractivity contribution in [3.05, 3.63) is 29.8 Å². The number of guanidine groups is 1. The molecule has 0 saturated heterocycles. The van der Waals surface area contributed by atoms with Gasteiger partial charge >= 0.3 is 0 Å². The summed E-state index contributed by atoms with van der Waals surface area (Å²) >= 11 is 0. The molecule has 1 rings (SSSR count). The molecule has 0 aliphatic heterocycles. The van der Waals surface area contributed by atoms with Crippen LogP contribution in [0.1, 0.15) is 12.5 Å². The number of hydrogen-bond acceptors (Lipinski definition) is 3. The fourth-order valence-corrected chi connectivity index (χ4v) is 1.84. The minimum Gasteiger partial charge on any atom is -0.497 e. The first-order valence-corrected chi connectivity index (χ1v) is 6.78. The monoisotopic (exact) mass is 279 g/mol. The van der Waals surface area contributed by atoms with Crippen molar-refractivity contribution < 1.29 is 9.47 Å². The first kappa shape index (κ1) is 16.3. The molecule has 0 amide bonds. The van der Waals surface area contributed by atoms with Crippen LogP contribution < -0.4 is 15.4 Å². The number of ether oxygens (including phenoxy) is 2. The maximum atomic E-state index is 5.14. The third kappa shape index (κ3) is 5.93. The molecule has 1 unspecified atom stereocenters. The molecule has 5 heteroatoms. The van der Waals surface area contributed by atoms with E-state index in [1.807, 2.05) is 12.1 Å². The molecule has 2 N–H and O–H groups in total. The highest BCUT2D eigenvalue weighted by Gasteiger charge is 2.04. The molecular weight excluding hydrogens is 254 g/mol. The molecule has 20 heavy (non-hydrogen) atoms. The van der Waals surface area contributed by atoms with E-state index in [1.54, 1.807) is 21.3 Å². The Morgan fingerprint density at radius 3 is 2.50 bits per heavy atom. The standard InChI is InChI=1S/C15H25N3O2/c1-12(11-19-3)18-15(16-2)17-10-9-13-5-7-14(20-4)8-6-13/h5-8,12H,9-11H2,1-4H3,(H2,16,17,18). The van der Waals surface area contributed by atoms with Gasteiger partial charge in [0.1, 0.15) is 5.75 Å². The molecule has 112 valence electrons. The largest absolute Gasteiger partial charge is 0.497 e. The zero-order valence-corrected chi connectivity index (χ0v) is 12.8. The Morgan fingerprint density at radius 2 is 1.95 bits per heavy atom. The fourth-order valence-electron chi connectivity index (χ4n) is 1.84. The Labute approximate surface area is 121 Å². The topological polar surface area (TPSA) is 54.9 Å². The summed E-state index contributed by atoms with van der Waals surface area (Å²) in [5.74, 6) is 1.68. The van der Waals surface area contributed by atoms with Gasteiger partial charge in [0.2, 0.25) is 0 Å². The van der Waals surface area contributed by atoms with Crippen LogP contribution in [-0.2, 0) is 11.2 Å². The molecule has 0 aromatic heterocycles. The first-order valence-electron chi connectivity index (χ1n) is 6.78. The van der Waals surface area contributed by atoms with E-state index in [1.165, 1.54) is 5.56 Å². The van der Waals surface area contributed by atoms with Gasteiger partial charge in [-0.1, -0.05) is 12.1 Å². The van der Waals surface area contributed by atoms with Crippen LogP contribution in [0.25, 0.3) is 0 Å². The second kappa shape index (κ2) is 9.20. The summed E-state index contributed by atoms with van der Waals surface area (Å²) in [5.41, 5.74) is 1.26. The summed E-state index contributed by atoms with van der Waals surface area (Å²) in [5, 5.41) is 6.55. The van der Waals surface area contributed by atoms with Gasteiger partial charge in [0.15, 0.2) is 5.96 Å². The highest BCUT2D eigenvalue weighted by molar-refractivity contribution is 5.79. The lowest BCUT2D eigenvalue weighted by Crippen LogP contribution is -2.44. The third-order valence-corrected chi connectivity index (χ3v) is 2.89. The molecule has 0 aliphatic carbocycles. The van der Waals surface area contributed by atoms with E-state index in [4.69, 9.17) is 9.47 Å². The molecular formula is C15H25N3O2. The number of methoxy groups -OCH3 is 2. The van der Waals surface area contributed by atoms with Crippen molar-refractivity contribution in [3.8, 4) is 5.75 Å². The molecule has 1 aromatic carbocycles. The van der Waals surface area contributed by atoms with Crippen molar-refractivity contribution in [2.24, 2.45) is 4.99 Å². The van der Waals surface area contributed by atoms with E-state index < -0.39 is 0 Å². The van der Waals surface area contributed by atoms with E-state index in [9.17, 15) is 0 Å². The van der Waals surface area contributed by atoms with E-state index in [2.05, 4.69) is 34.7 Å². The predicted molar refractivity (Wildman–Crippen MR) is 82.5 cm³/mol. The van der Waals surface area contributed by atoms with Gasteiger partial charge in [-0.3, -0.25) is 4.99 Å². The first-order chi connectivity index (χ1) is 9.69. The van der Waals surface area contributed by atoms with Crippen LogP contribution in [0.3, 0.4) is 0 Å². The zero-order chi connectivity index (χ0) is 14.8. The average Bonchev–Trinajstić information content (AvgIpc) is 2.47. The molecule has 0 saturated carbocycles. The smallest absolute Gasteiger partial charge is 0.191 e. The van der Waals surface area contributed by atoms with Crippen molar-refractivity contribution in [1.29, 1.82) is 0 Å². The molecule has 0 spiro atoms. The summed E-state index contributed by atoms with van der Waals surface area (Å²) in [4.78, 5) is 4.19. The lowest BCUT2D eigenvalue weighted by atomic mass is 10.1. The Balaban J connectivity index is 2.33. The number of nitrogens with one attached hydrogen (secondary N) is 2. The van der Waals surface area contributed by atoms with Crippen molar-refractivity contribution in [3.63, 3.8) is 0 Å². The van der Waals surface area contributed by atoms with Gasteiger partial charge in [-0.2, -0.15) is 0 Å². The highest BCUT2D eigenvalue weighted by Crippen LogP contribution is 2.11. The van der Waals surface area contributed by atoms with E-state index in [-0.39, 0.29) is 6.04 Å². The Kier molecular flexibility index (Phi) is 7.50. The third-order valence-electron chi connectivity index (χ3n) is 2.89. The van der Waals surface area contributed by atoms with Gasteiger partial charge < -0.3 is 20.1 Å². The summed E-state index contributed by atoms with van der Waals surface area (Å²) in [6.07, 6.45) is 0.934. The van der Waals surface area contributed by atoms with E-state index >= 15 is 0 Å². The molecule has 1 atom stereocenters. The van der Waals surface area contributed by atoms with E-state index in [0.717, 1.165) is 24.7 Å². The van der Waals surface area contributed by atoms with Crippen molar-refractivity contribution >= 4 is 5.96 Å². The van der Waals surface area contributed by atoms with Crippen LogP contribution in [0.5, 0.6) is 5.75 Å². The van der Waals surface area contributed by atoms with Crippen LogP contribution >= 0.6 is 0 Å². The maximum Gasteiger partial charge on any atom is 0.191 e. The van der Waals surface area contributed by atoms with Gasteiger partial charge in [-0.15, -0.1) is 0 Å². The van der Waals surface area contributed by atoms with Crippen molar-refractivity contribution in [1.82, 2.24) is 10.6 Å². The fraction of sp³-hybridized carbons (Fsp3) is 0.533. The summed E-state index contributed by atoms with van der Waals surface area (Å²) in [7, 11) is 5.13. The Hall–Kier alpha value is -1.75. The molecule has 5 nitrogen and oxygen atoms in total. The molecule has 0 radical (unpaired) electrons. The second-order valence-corrected chi connectivity index (χ2v) is 4.60. The predicted octanol–water partition coefficient (Wildman–Crippen LogP) is 1.44. The minimum absolute atomic E-state index is 0.229. The average molecular weight is 279 g/mol. The van der Waals surface area contributed by atoms with Crippen LogP contribution in [0, 0.1) is 0 Å². The Morgan fingerprint density at radius 1 is 1.25 bits per heavy atom. The summed E-state index contributed by atoms with van der Waals surface area (Å²) in [6.45, 7) is 3.53. The highest BCUT2D eigenvalue weighted by atomic mass is 16.5. The number of rotatable bonds is 7. The van der Waals surface area contributed by atoms with Crippen LogP contribution in [0.15, 0.2) is 29.3 Å². The van der Waals surface area contributed by atoms with E-state index in [0.29, 0.717) is 6.61 Å². The maximum absolute atomic E-state index is 5.14. The van der Waals surface area contributed by atoms with Gasteiger partial charge in [-0.25, -0.2) is 0 Å². The SMILES string of the molecule is CN=C(NCCc1ccc(OC)cc1)NC(C)COC. The summed E-state index contributed by atoms with van der Waals surface area (Å²) in [6, 6.07) is 8.33. The van der Waals surface area contributed by atoms with Crippen LogP contribution in [0.4, 0.5) is 0 Å². The van der Waals surface area contributed by atoms with Crippen molar-refractivity contribution in [2.75, 3.05) is 34.4 Å². The number of nitrogens with zero attached hydrogens (tertiary/aromatic N) is 1. The molecule has 0 aliphatic rings. The van der Waals surface area contributed by atoms with Crippen molar-refractivity contribution in [2.45, 2.75) is 19.4 Å². The number of benzene rings is 1.